The van der Waals surface area contributed by atoms with E-state index in [4.69, 9.17) is 9.47 Å². The summed E-state index contributed by atoms with van der Waals surface area (Å²) in [6, 6.07) is 6.36. The van der Waals surface area contributed by atoms with Gasteiger partial charge in [0.15, 0.2) is 11.5 Å². The number of para-hydroxylation sites is 1. The number of aromatic nitrogens is 2. The Kier molecular flexibility index (Phi) is 4.37. The summed E-state index contributed by atoms with van der Waals surface area (Å²) in [6.45, 7) is 4.00. The van der Waals surface area contributed by atoms with Crippen LogP contribution in [0.5, 0.6) is 17.4 Å². The highest BCUT2D eigenvalue weighted by molar-refractivity contribution is 5.92. The molecule has 1 N–H and O–H groups in total. The molecule has 1 aromatic carbocycles. The molecule has 0 aliphatic carbocycles. The number of methoxy groups -OCH3 is 1. The van der Waals surface area contributed by atoms with Gasteiger partial charge in [0, 0.05) is 6.07 Å². The summed E-state index contributed by atoms with van der Waals surface area (Å²) in [7, 11) is 1.45. The van der Waals surface area contributed by atoms with Crippen LogP contribution < -0.4 is 9.47 Å². The fraction of sp³-hybridized carbons (Fsp3) is 0.267. The highest BCUT2D eigenvalue weighted by atomic mass is 16.5. The number of rotatable bonds is 5. The minimum atomic E-state index is -1.10. The normalized spacial score (nSPS) is 10.5. The summed E-state index contributed by atoms with van der Waals surface area (Å²) in [4.78, 5) is 19.4. The number of benzene rings is 1. The molecular weight excluding hydrogens is 272 g/mol. The maximum Gasteiger partial charge on any atom is 0.339 e. The summed E-state index contributed by atoms with van der Waals surface area (Å²) in [6.07, 6.45) is 1.39. The van der Waals surface area contributed by atoms with Gasteiger partial charge >= 0.3 is 5.97 Å². The Morgan fingerprint density at radius 1 is 1.29 bits per heavy atom. The smallest absolute Gasteiger partial charge is 0.339 e. The lowest BCUT2D eigenvalue weighted by molar-refractivity contribution is 0.0693. The maximum absolute atomic E-state index is 11.3. The molecule has 0 saturated heterocycles. The molecule has 0 aliphatic rings. The Morgan fingerprint density at radius 3 is 2.67 bits per heavy atom. The zero-order valence-electron chi connectivity index (χ0n) is 12.0. The molecule has 0 amide bonds. The van der Waals surface area contributed by atoms with Crippen molar-refractivity contribution in [3.05, 3.63) is 41.9 Å². The van der Waals surface area contributed by atoms with E-state index in [1.807, 2.05) is 13.8 Å². The van der Waals surface area contributed by atoms with E-state index in [-0.39, 0.29) is 23.1 Å². The molecule has 2 aromatic rings. The topological polar surface area (TPSA) is 81.5 Å². The predicted octanol–water partition coefficient (Wildman–Crippen LogP) is 3.10. The molecule has 1 heterocycles. The Labute approximate surface area is 122 Å². The van der Waals surface area contributed by atoms with Crippen molar-refractivity contribution in [1.29, 1.82) is 0 Å². The van der Waals surface area contributed by atoms with E-state index in [2.05, 4.69) is 9.97 Å². The second kappa shape index (κ2) is 6.21. The SMILES string of the molecule is COc1cccc(C(=O)O)c1Oc1cc(C(C)C)ncn1. The number of hydrogen-bond acceptors (Lipinski definition) is 5. The Hall–Kier alpha value is -2.63. The fourth-order valence-electron chi connectivity index (χ4n) is 1.78. The van der Waals surface area contributed by atoms with Crippen LogP contribution in [0.1, 0.15) is 35.8 Å². The van der Waals surface area contributed by atoms with E-state index in [1.165, 1.54) is 19.5 Å². The van der Waals surface area contributed by atoms with Gasteiger partial charge in [-0.25, -0.2) is 14.8 Å². The first-order chi connectivity index (χ1) is 10.0. The first-order valence-electron chi connectivity index (χ1n) is 6.43. The molecule has 110 valence electrons. The molecule has 0 bridgehead atoms. The monoisotopic (exact) mass is 288 g/mol. The third-order valence-corrected chi connectivity index (χ3v) is 2.89. The largest absolute Gasteiger partial charge is 0.493 e. The minimum absolute atomic E-state index is 0.0130. The van der Waals surface area contributed by atoms with Gasteiger partial charge in [-0.2, -0.15) is 0 Å². The predicted molar refractivity (Wildman–Crippen MR) is 76.1 cm³/mol. The van der Waals surface area contributed by atoms with Crippen LogP contribution in [-0.4, -0.2) is 28.2 Å². The summed E-state index contributed by atoms with van der Waals surface area (Å²) in [5.41, 5.74) is 0.825. The minimum Gasteiger partial charge on any atom is -0.493 e. The number of carbonyl (C=O) groups is 1. The highest BCUT2D eigenvalue weighted by Crippen LogP contribution is 2.34. The van der Waals surface area contributed by atoms with Crippen molar-refractivity contribution in [2.45, 2.75) is 19.8 Å². The fourth-order valence-corrected chi connectivity index (χ4v) is 1.78. The molecule has 0 radical (unpaired) electrons. The van der Waals surface area contributed by atoms with Crippen LogP contribution in [-0.2, 0) is 0 Å². The first-order valence-corrected chi connectivity index (χ1v) is 6.43. The third-order valence-electron chi connectivity index (χ3n) is 2.89. The molecular formula is C15H16N2O4. The van der Waals surface area contributed by atoms with Crippen molar-refractivity contribution in [3.8, 4) is 17.4 Å². The lowest BCUT2D eigenvalue weighted by Crippen LogP contribution is -2.03. The number of hydrogen-bond donors (Lipinski definition) is 1. The van der Waals surface area contributed by atoms with E-state index in [9.17, 15) is 9.90 Å². The zero-order valence-corrected chi connectivity index (χ0v) is 12.0. The van der Waals surface area contributed by atoms with Gasteiger partial charge in [-0.1, -0.05) is 19.9 Å². The summed E-state index contributed by atoms with van der Waals surface area (Å²) in [5, 5.41) is 9.24. The van der Waals surface area contributed by atoms with Crippen molar-refractivity contribution in [2.75, 3.05) is 7.11 Å². The number of carboxylic acid groups (broad SMARTS) is 1. The molecule has 1 aromatic heterocycles. The van der Waals surface area contributed by atoms with Gasteiger partial charge < -0.3 is 14.6 Å². The number of nitrogens with zero attached hydrogens (tertiary/aromatic N) is 2. The van der Waals surface area contributed by atoms with Gasteiger partial charge in [-0.15, -0.1) is 0 Å². The molecule has 6 nitrogen and oxygen atoms in total. The van der Waals surface area contributed by atoms with Gasteiger partial charge in [-0.3, -0.25) is 0 Å². The molecule has 0 fully saturated rings. The molecule has 0 unspecified atom stereocenters. The second-order valence-electron chi connectivity index (χ2n) is 4.68. The van der Waals surface area contributed by atoms with Crippen molar-refractivity contribution in [1.82, 2.24) is 9.97 Å². The molecule has 0 spiro atoms. The standard InChI is InChI=1S/C15H16N2O4/c1-9(2)11-7-13(17-8-16-11)21-14-10(15(18)19)5-4-6-12(14)20-3/h4-9H,1-3H3,(H,18,19). The van der Waals surface area contributed by atoms with E-state index in [1.54, 1.807) is 18.2 Å². The van der Waals surface area contributed by atoms with Crippen molar-refractivity contribution in [3.63, 3.8) is 0 Å². The van der Waals surface area contributed by atoms with Crippen molar-refractivity contribution in [2.24, 2.45) is 0 Å². The van der Waals surface area contributed by atoms with E-state index in [0.717, 1.165) is 5.69 Å². The average Bonchev–Trinajstić information content (AvgIpc) is 2.47. The summed E-state index contributed by atoms with van der Waals surface area (Å²) in [5.74, 6) is -0.143. The number of carboxylic acids is 1. The highest BCUT2D eigenvalue weighted by Gasteiger charge is 2.18. The Morgan fingerprint density at radius 2 is 2.05 bits per heavy atom. The van der Waals surface area contributed by atoms with E-state index >= 15 is 0 Å². The molecule has 6 heteroatoms. The average molecular weight is 288 g/mol. The molecule has 0 aliphatic heterocycles. The summed E-state index contributed by atoms with van der Waals surface area (Å²) < 4.78 is 10.8. The molecule has 0 atom stereocenters. The van der Waals surface area contributed by atoms with Crippen LogP contribution in [0.2, 0.25) is 0 Å². The Bertz CT molecular complexity index is 656. The van der Waals surface area contributed by atoms with Crippen LogP contribution >= 0.6 is 0 Å². The maximum atomic E-state index is 11.3. The Balaban J connectivity index is 2.43. The van der Waals surface area contributed by atoms with Crippen LogP contribution in [0.4, 0.5) is 0 Å². The van der Waals surface area contributed by atoms with Gasteiger partial charge in [0.25, 0.3) is 0 Å². The van der Waals surface area contributed by atoms with Crippen molar-refractivity contribution < 1.29 is 19.4 Å². The van der Waals surface area contributed by atoms with Gasteiger partial charge in [-0.05, 0) is 18.1 Å². The molecule has 21 heavy (non-hydrogen) atoms. The van der Waals surface area contributed by atoms with E-state index in [0.29, 0.717) is 5.75 Å². The zero-order chi connectivity index (χ0) is 15.4. The van der Waals surface area contributed by atoms with E-state index < -0.39 is 5.97 Å². The number of aromatic carboxylic acids is 1. The lowest BCUT2D eigenvalue weighted by atomic mass is 10.1. The van der Waals surface area contributed by atoms with Crippen LogP contribution in [0.15, 0.2) is 30.6 Å². The van der Waals surface area contributed by atoms with Crippen molar-refractivity contribution >= 4 is 5.97 Å². The molecule has 2 rings (SSSR count). The number of ether oxygens (including phenoxy) is 2. The quantitative estimate of drug-likeness (QED) is 0.910. The van der Waals surface area contributed by atoms with Gasteiger partial charge in [0.05, 0.1) is 12.8 Å². The third kappa shape index (κ3) is 3.28. The second-order valence-corrected chi connectivity index (χ2v) is 4.68. The molecule has 0 saturated carbocycles. The lowest BCUT2D eigenvalue weighted by Gasteiger charge is -2.13. The first kappa shape index (κ1) is 14.8. The van der Waals surface area contributed by atoms with Crippen LogP contribution in [0.3, 0.4) is 0 Å². The van der Waals surface area contributed by atoms with Gasteiger partial charge in [0.1, 0.15) is 11.9 Å². The van der Waals surface area contributed by atoms with Gasteiger partial charge in [0.2, 0.25) is 5.88 Å². The summed E-state index contributed by atoms with van der Waals surface area (Å²) >= 11 is 0. The van der Waals surface area contributed by atoms with Crippen LogP contribution in [0, 0.1) is 0 Å². The van der Waals surface area contributed by atoms with Crippen LogP contribution in [0.25, 0.3) is 0 Å².